The van der Waals surface area contributed by atoms with E-state index in [9.17, 15) is 14.9 Å². The van der Waals surface area contributed by atoms with Crippen molar-refractivity contribution in [1.82, 2.24) is 0 Å². The van der Waals surface area contributed by atoms with E-state index in [0.717, 1.165) is 19.0 Å². The second kappa shape index (κ2) is 5.93. The van der Waals surface area contributed by atoms with Crippen LogP contribution < -0.4 is 5.73 Å². The van der Waals surface area contributed by atoms with Gasteiger partial charge in [0.25, 0.3) is 0 Å². The van der Waals surface area contributed by atoms with Crippen molar-refractivity contribution in [2.75, 3.05) is 7.05 Å². The van der Waals surface area contributed by atoms with E-state index >= 15 is 0 Å². The number of ketones is 1. The fourth-order valence-electron chi connectivity index (χ4n) is 1.79. The molecular weight excluding hydrogens is 222 g/mol. The molecule has 0 atom stereocenters. The molecule has 0 bridgehead atoms. The molecule has 0 aromatic carbocycles. The molecule has 0 spiro atoms. The molecule has 0 aromatic heterocycles. The first kappa shape index (κ1) is 13.1. The molecule has 6 nitrogen and oxygen atoms in total. The molecule has 92 valence electrons. The predicted molar refractivity (Wildman–Crippen MR) is 64.2 cm³/mol. The molecule has 0 radical (unpaired) electrons. The zero-order valence-electron chi connectivity index (χ0n) is 9.68. The number of nitrogens with two attached hydrogens (primary N) is 1. The topological polar surface area (TPSA) is 98.6 Å². The lowest BCUT2D eigenvalue weighted by Gasteiger charge is -2.05. The fraction of sp³-hybridized carbons (Fsp3) is 0.455. The van der Waals surface area contributed by atoms with Crippen molar-refractivity contribution in [2.24, 2.45) is 10.7 Å². The second-order valence-corrected chi connectivity index (χ2v) is 3.72. The number of rotatable bonds is 3. The van der Waals surface area contributed by atoms with Crippen LogP contribution in [0.15, 0.2) is 28.5 Å². The van der Waals surface area contributed by atoms with E-state index in [1.807, 2.05) is 0 Å². The van der Waals surface area contributed by atoms with Gasteiger partial charge in [0.05, 0.1) is 11.1 Å². The maximum Gasteiger partial charge on any atom is 0.309 e. The summed E-state index contributed by atoms with van der Waals surface area (Å²) in [6, 6.07) is 0. The summed E-state index contributed by atoms with van der Waals surface area (Å²) in [7, 11) is 1.46. The summed E-state index contributed by atoms with van der Waals surface area (Å²) >= 11 is 0. The number of carbonyl (C=O) groups excluding carboxylic acids is 1. The summed E-state index contributed by atoms with van der Waals surface area (Å²) in [5, 5.41) is 10.8. The Morgan fingerprint density at radius 1 is 1.53 bits per heavy atom. The Balaban J connectivity index is 3.10. The maximum absolute atomic E-state index is 11.4. The molecule has 0 heterocycles. The first-order valence-corrected chi connectivity index (χ1v) is 5.37. The Labute approximate surface area is 99.1 Å². The number of nitro groups is 1. The Morgan fingerprint density at radius 2 is 2.18 bits per heavy atom. The van der Waals surface area contributed by atoms with Gasteiger partial charge in [0.1, 0.15) is 5.71 Å². The van der Waals surface area contributed by atoms with E-state index in [1.54, 1.807) is 0 Å². The average Bonchev–Trinajstić information content (AvgIpc) is 2.49. The number of hydrogen-bond donors (Lipinski definition) is 1. The van der Waals surface area contributed by atoms with Crippen LogP contribution in [0.3, 0.4) is 0 Å². The highest BCUT2D eigenvalue weighted by Crippen LogP contribution is 2.20. The lowest BCUT2D eigenvalue weighted by atomic mass is 10.0. The van der Waals surface area contributed by atoms with Gasteiger partial charge < -0.3 is 5.73 Å². The minimum Gasteiger partial charge on any atom is -0.399 e. The van der Waals surface area contributed by atoms with Gasteiger partial charge in [0.2, 0.25) is 0 Å². The molecule has 17 heavy (non-hydrogen) atoms. The molecule has 0 saturated heterocycles. The van der Waals surface area contributed by atoms with Crippen LogP contribution in [0.4, 0.5) is 0 Å². The van der Waals surface area contributed by atoms with Crippen LogP contribution in [0.1, 0.15) is 25.7 Å². The molecule has 1 rings (SSSR count). The molecule has 0 amide bonds. The highest BCUT2D eigenvalue weighted by molar-refractivity contribution is 6.13. The third kappa shape index (κ3) is 3.24. The van der Waals surface area contributed by atoms with Crippen molar-refractivity contribution in [3.63, 3.8) is 0 Å². The van der Waals surface area contributed by atoms with Gasteiger partial charge in [-0.2, -0.15) is 0 Å². The van der Waals surface area contributed by atoms with Gasteiger partial charge in [-0.15, -0.1) is 0 Å². The summed E-state index contributed by atoms with van der Waals surface area (Å²) in [6.07, 6.45) is 5.09. The first-order valence-electron chi connectivity index (χ1n) is 5.37. The van der Waals surface area contributed by atoms with Crippen molar-refractivity contribution in [2.45, 2.75) is 25.7 Å². The summed E-state index contributed by atoms with van der Waals surface area (Å²) in [6.45, 7) is 0. The van der Waals surface area contributed by atoms with Crippen LogP contribution in [0, 0.1) is 10.1 Å². The van der Waals surface area contributed by atoms with Crippen molar-refractivity contribution in [3.05, 3.63) is 33.7 Å². The lowest BCUT2D eigenvalue weighted by molar-refractivity contribution is -0.415. The number of carbonyl (C=O) groups is 1. The molecular formula is C11H15N3O3. The number of hydrogen-bond acceptors (Lipinski definition) is 5. The largest absolute Gasteiger partial charge is 0.399 e. The van der Waals surface area contributed by atoms with Crippen LogP contribution in [-0.4, -0.2) is 23.5 Å². The molecule has 0 unspecified atom stereocenters. The minimum absolute atomic E-state index is 0.0154. The quantitative estimate of drug-likeness (QED) is 0.453. The van der Waals surface area contributed by atoms with Crippen LogP contribution in [0.2, 0.25) is 0 Å². The Hall–Kier alpha value is -1.98. The van der Waals surface area contributed by atoms with Crippen molar-refractivity contribution < 1.29 is 9.72 Å². The zero-order chi connectivity index (χ0) is 12.8. The van der Waals surface area contributed by atoms with Gasteiger partial charge in [0, 0.05) is 13.5 Å². The molecule has 0 saturated carbocycles. The van der Waals surface area contributed by atoms with Crippen molar-refractivity contribution in [1.29, 1.82) is 0 Å². The van der Waals surface area contributed by atoms with Crippen molar-refractivity contribution >= 4 is 11.5 Å². The van der Waals surface area contributed by atoms with E-state index in [0.29, 0.717) is 18.4 Å². The SMILES string of the molecule is CN=C(C1=CC(=O)CCCC1)/C(=C\N)[N+](=O)[O-]. The third-order valence-electron chi connectivity index (χ3n) is 2.58. The zero-order valence-corrected chi connectivity index (χ0v) is 9.68. The van der Waals surface area contributed by atoms with Crippen LogP contribution in [0.25, 0.3) is 0 Å². The van der Waals surface area contributed by atoms with E-state index in [2.05, 4.69) is 4.99 Å². The number of aliphatic imine (C=N–C) groups is 1. The van der Waals surface area contributed by atoms with E-state index < -0.39 is 4.92 Å². The standard InChI is InChI=1S/C11H15N3O3/c1-13-11(10(7-12)14(16)17)8-4-2-3-5-9(15)6-8/h6-7H,2-5,12H2,1H3/b10-7+,13-11?. The molecule has 6 heteroatoms. The van der Waals surface area contributed by atoms with Crippen LogP contribution in [-0.2, 0) is 4.79 Å². The third-order valence-corrected chi connectivity index (χ3v) is 2.58. The highest BCUT2D eigenvalue weighted by Gasteiger charge is 2.23. The number of allylic oxidation sites excluding steroid dienone is 2. The van der Waals surface area contributed by atoms with Gasteiger partial charge in [-0.05, 0) is 30.9 Å². The minimum atomic E-state index is -0.585. The fourth-order valence-corrected chi connectivity index (χ4v) is 1.79. The van der Waals surface area contributed by atoms with Gasteiger partial charge in [-0.3, -0.25) is 19.9 Å². The molecule has 0 fully saturated rings. The second-order valence-electron chi connectivity index (χ2n) is 3.72. The lowest BCUT2D eigenvalue weighted by Crippen LogP contribution is -2.16. The molecule has 2 N–H and O–H groups in total. The smallest absolute Gasteiger partial charge is 0.309 e. The molecule has 1 aliphatic rings. The van der Waals surface area contributed by atoms with E-state index in [1.165, 1.54) is 13.1 Å². The van der Waals surface area contributed by atoms with Crippen LogP contribution in [0.5, 0.6) is 0 Å². The van der Waals surface area contributed by atoms with Gasteiger partial charge in [-0.1, -0.05) is 0 Å². The van der Waals surface area contributed by atoms with Gasteiger partial charge in [0.15, 0.2) is 5.78 Å². The average molecular weight is 237 g/mol. The number of nitrogens with zero attached hydrogens (tertiary/aromatic N) is 2. The van der Waals surface area contributed by atoms with Gasteiger partial charge >= 0.3 is 5.70 Å². The predicted octanol–water partition coefficient (Wildman–Crippen LogP) is 1.20. The first-order chi connectivity index (χ1) is 8.10. The van der Waals surface area contributed by atoms with E-state index in [-0.39, 0.29) is 17.2 Å². The summed E-state index contributed by atoms with van der Waals surface area (Å²) in [4.78, 5) is 25.5. The van der Waals surface area contributed by atoms with Gasteiger partial charge in [-0.25, -0.2) is 0 Å². The Kier molecular flexibility index (Phi) is 4.56. The summed E-state index contributed by atoms with van der Waals surface area (Å²) in [5.41, 5.74) is 5.78. The molecule has 1 aliphatic carbocycles. The molecule has 0 aromatic rings. The van der Waals surface area contributed by atoms with Crippen LogP contribution >= 0.6 is 0 Å². The summed E-state index contributed by atoms with van der Waals surface area (Å²) in [5.74, 6) is -0.0154. The maximum atomic E-state index is 11.4. The van der Waals surface area contributed by atoms with Crippen molar-refractivity contribution in [3.8, 4) is 0 Å². The Bertz CT molecular complexity index is 422. The normalized spacial score (nSPS) is 18.6. The Morgan fingerprint density at radius 3 is 2.71 bits per heavy atom. The molecule has 0 aliphatic heterocycles. The van der Waals surface area contributed by atoms with E-state index in [4.69, 9.17) is 5.73 Å². The monoisotopic (exact) mass is 237 g/mol. The summed E-state index contributed by atoms with van der Waals surface area (Å²) < 4.78 is 0. The highest BCUT2D eigenvalue weighted by atomic mass is 16.6.